The summed E-state index contributed by atoms with van der Waals surface area (Å²) in [5.41, 5.74) is 12.7. The van der Waals surface area contributed by atoms with Gasteiger partial charge >= 0.3 is 0 Å². The van der Waals surface area contributed by atoms with E-state index in [9.17, 15) is 0 Å². The summed E-state index contributed by atoms with van der Waals surface area (Å²) in [4.78, 5) is 4.81. The second-order valence-corrected chi connectivity index (χ2v) is 19.2. The molecule has 14 rings (SSSR count). The molecule has 9 aromatic carbocycles. The molecule has 3 aliphatic carbocycles. The van der Waals surface area contributed by atoms with Gasteiger partial charge in [-0.25, -0.2) is 0 Å². The highest BCUT2D eigenvalue weighted by Crippen LogP contribution is 2.50. The van der Waals surface area contributed by atoms with E-state index in [0.717, 1.165) is 84.6 Å². The van der Waals surface area contributed by atoms with E-state index in [1.165, 1.54) is 101 Å². The topological polar surface area (TPSA) is 32.8 Å². The lowest BCUT2D eigenvalue weighted by Gasteiger charge is -2.29. The van der Waals surface area contributed by atoms with Crippen LogP contribution < -0.4 is 9.80 Å². The molecule has 0 bridgehead atoms. The summed E-state index contributed by atoms with van der Waals surface area (Å²) in [5, 5.41) is 11.9. The number of aryl methyl sites for hydroxylation is 1. The third-order valence-corrected chi connectivity index (χ3v) is 15.1. The number of rotatable bonds is 7. The van der Waals surface area contributed by atoms with Gasteiger partial charge in [0.05, 0.1) is 22.7 Å². The average molecular weight is 883 g/mol. The smallest absolute Gasteiger partial charge is 0.159 e. The second-order valence-electron chi connectivity index (χ2n) is 19.2. The third-order valence-electron chi connectivity index (χ3n) is 15.1. The second kappa shape index (κ2) is 16.9. The number of nitrogens with zero attached hydrogens (tertiary/aromatic N) is 2. The highest BCUT2D eigenvalue weighted by Gasteiger charge is 2.27. The molecule has 2 saturated carbocycles. The molecule has 2 aromatic heterocycles. The van der Waals surface area contributed by atoms with Gasteiger partial charge in [-0.05, 0) is 113 Å². The summed E-state index contributed by atoms with van der Waals surface area (Å²) in [5.74, 6) is 0.545. The summed E-state index contributed by atoms with van der Waals surface area (Å²) < 4.78 is 14.0. The van der Waals surface area contributed by atoms with Crippen LogP contribution in [-0.2, 0) is 0 Å². The molecule has 11 aromatic rings. The molecule has 68 heavy (non-hydrogen) atoms. The number of para-hydroxylation sites is 5. The van der Waals surface area contributed by atoms with Crippen molar-refractivity contribution >= 4 is 105 Å². The maximum absolute atomic E-state index is 7.11. The summed E-state index contributed by atoms with van der Waals surface area (Å²) in [6.07, 6.45) is 24.5. The lowest BCUT2D eigenvalue weighted by Crippen LogP contribution is -2.16. The lowest BCUT2D eigenvalue weighted by molar-refractivity contribution is 0.643. The highest BCUT2D eigenvalue weighted by atomic mass is 16.3. The van der Waals surface area contributed by atoms with Crippen LogP contribution in [0.5, 0.6) is 0 Å². The van der Waals surface area contributed by atoms with Gasteiger partial charge in [0.25, 0.3) is 0 Å². The Kier molecular flexibility index (Phi) is 10.1. The molecule has 0 N–H and O–H groups in total. The number of hydrogen-bond acceptors (Lipinski definition) is 4. The first kappa shape index (κ1) is 40.7. The van der Waals surface area contributed by atoms with E-state index < -0.39 is 0 Å². The minimum absolute atomic E-state index is 0.545. The maximum atomic E-state index is 7.11. The predicted octanol–water partition coefficient (Wildman–Crippen LogP) is 19.3. The highest BCUT2D eigenvalue weighted by molar-refractivity contribution is 6.28. The molecular formula is C64H54N2O2. The largest absolute Gasteiger partial charge is 0.454 e. The van der Waals surface area contributed by atoms with E-state index in [-0.39, 0.29) is 0 Å². The molecular weight excluding hydrogens is 829 g/mol. The van der Waals surface area contributed by atoms with Crippen LogP contribution >= 0.6 is 0 Å². The Morgan fingerprint density at radius 2 is 0.971 bits per heavy atom. The van der Waals surface area contributed by atoms with Gasteiger partial charge in [-0.2, -0.15) is 0 Å². The minimum Gasteiger partial charge on any atom is -0.454 e. The predicted molar refractivity (Wildman–Crippen MR) is 288 cm³/mol. The van der Waals surface area contributed by atoms with Crippen LogP contribution in [-0.4, -0.2) is 0 Å². The van der Waals surface area contributed by atoms with Crippen molar-refractivity contribution in [1.29, 1.82) is 0 Å². The molecule has 2 heterocycles. The van der Waals surface area contributed by atoms with Gasteiger partial charge in [0.2, 0.25) is 0 Å². The number of fused-ring (bicyclic) bond motifs is 6. The summed E-state index contributed by atoms with van der Waals surface area (Å²) in [6.45, 7) is 2.13. The minimum atomic E-state index is 0.545. The Labute approximate surface area is 397 Å². The van der Waals surface area contributed by atoms with E-state index in [2.05, 4.69) is 199 Å². The van der Waals surface area contributed by atoms with Crippen LogP contribution in [0.2, 0.25) is 0 Å². The molecule has 4 nitrogen and oxygen atoms in total. The Bertz CT molecular complexity index is 3770. The van der Waals surface area contributed by atoms with Gasteiger partial charge in [0.1, 0.15) is 11.2 Å². The standard InChI is InChI=1S/C59H44N2O2.C5H10/c1-37-15-11-23-44-46-25-13-27-52(58(46)62-56(37)44)60(41-18-5-2-3-6-19-41)50-35-31-39-30-34-49-51(36-32-40-29-33-48(50)54(39)55(40)49)61(42-20-7-4-8-21-42)53-28-14-26-47-45-24-12-22-43(38-16-9-10-17-38)57(45)63-59(47)53;1-2-4-5-3-1/h2,4-8,11-15,18-36,38H,3,9-10,16-17H2,1H3;1-5H2. The van der Waals surface area contributed by atoms with Crippen molar-refractivity contribution in [2.75, 3.05) is 9.80 Å². The molecule has 0 spiro atoms. The zero-order valence-corrected chi connectivity index (χ0v) is 38.7. The number of hydrogen-bond donors (Lipinski definition) is 0. The Balaban J connectivity index is 0.000000862. The maximum Gasteiger partial charge on any atom is 0.159 e. The fourth-order valence-corrected chi connectivity index (χ4v) is 11.8. The third kappa shape index (κ3) is 6.72. The summed E-state index contributed by atoms with van der Waals surface area (Å²) in [6, 6.07) is 55.6. The molecule has 0 unspecified atom stereocenters. The van der Waals surface area contributed by atoms with Crippen molar-refractivity contribution in [3.63, 3.8) is 0 Å². The molecule has 0 amide bonds. The molecule has 0 saturated heterocycles. The van der Waals surface area contributed by atoms with Crippen LogP contribution in [0.4, 0.5) is 28.4 Å². The average Bonchev–Trinajstić information content (AvgIpc) is 4.23. The fourth-order valence-electron chi connectivity index (χ4n) is 11.8. The summed E-state index contributed by atoms with van der Waals surface area (Å²) >= 11 is 0. The molecule has 3 aliphatic rings. The first-order chi connectivity index (χ1) is 33.7. The van der Waals surface area contributed by atoms with Gasteiger partial charge in [-0.3, -0.25) is 0 Å². The Morgan fingerprint density at radius 3 is 1.63 bits per heavy atom. The van der Waals surface area contributed by atoms with Gasteiger partial charge in [0, 0.05) is 43.7 Å². The van der Waals surface area contributed by atoms with Crippen molar-refractivity contribution in [2.24, 2.45) is 0 Å². The number of allylic oxidation sites excluding steroid dienone is 5. The van der Waals surface area contributed by atoms with E-state index in [1.54, 1.807) is 0 Å². The molecule has 332 valence electrons. The molecule has 4 heteroatoms. The molecule has 0 aliphatic heterocycles. The molecule has 2 fully saturated rings. The van der Waals surface area contributed by atoms with Crippen LogP contribution in [0.3, 0.4) is 0 Å². The fraction of sp³-hybridized carbons (Fsp3) is 0.188. The first-order valence-electron chi connectivity index (χ1n) is 24.9. The van der Waals surface area contributed by atoms with Crippen molar-refractivity contribution in [1.82, 2.24) is 0 Å². The summed E-state index contributed by atoms with van der Waals surface area (Å²) in [7, 11) is 0. The van der Waals surface area contributed by atoms with Gasteiger partial charge in [0.15, 0.2) is 11.2 Å². The number of benzene rings is 9. The molecule has 0 atom stereocenters. The van der Waals surface area contributed by atoms with Crippen LogP contribution in [0.25, 0.3) is 76.2 Å². The van der Waals surface area contributed by atoms with E-state index in [4.69, 9.17) is 8.83 Å². The van der Waals surface area contributed by atoms with E-state index in [0.29, 0.717) is 5.92 Å². The SMILES string of the molecule is C1CCCC1.Cc1cccc2c1oc1c(N(C3=CC=CCC=C3)c3ccc4ccc5c(N(c6ccccc6)c6cccc7c6oc6c(C8CCCC8)cccc67)ccc6ccc3c4c65)cccc12. The van der Waals surface area contributed by atoms with Crippen LogP contribution in [0.15, 0.2) is 197 Å². The van der Waals surface area contributed by atoms with Gasteiger partial charge < -0.3 is 18.6 Å². The normalized spacial score (nSPS) is 15.3. The monoisotopic (exact) mass is 882 g/mol. The van der Waals surface area contributed by atoms with Crippen molar-refractivity contribution in [2.45, 2.75) is 77.0 Å². The van der Waals surface area contributed by atoms with Crippen LogP contribution in [0.1, 0.15) is 81.3 Å². The van der Waals surface area contributed by atoms with Gasteiger partial charge in [-0.15, -0.1) is 0 Å². The quantitative estimate of drug-likeness (QED) is 0.149. The van der Waals surface area contributed by atoms with E-state index >= 15 is 0 Å². The van der Waals surface area contributed by atoms with Crippen molar-refractivity contribution in [3.05, 3.63) is 199 Å². The zero-order valence-electron chi connectivity index (χ0n) is 38.7. The van der Waals surface area contributed by atoms with Crippen molar-refractivity contribution < 1.29 is 8.83 Å². The van der Waals surface area contributed by atoms with Gasteiger partial charge in [-0.1, -0.05) is 178 Å². The van der Waals surface area contributed by atoms with Crippen LogP contribution in [0, 0.1) is 6.92 Å². The van der Waals surface area contributed by atoms with Crippen molar-refractivity contribution in [3.8, 4) is 0 Å². The zero-order chi connectivity index (χ0) is 45.1. The van der Waals surface area contributed by atoms with E-state index in [1.807, 2.05) is 0 Å². The number of furan rings is 2. The number of anilines is 5. The Hall–Kier alpha value is -7.56. The molecule has 0 radical (unpaired) electrons. The first-order valence-corrected chi connectivity index (χ1v) is 24.9. The lowest BCUT2D eigenvalue weighted by atomic mass is 9.91. The Morgan fingerprint density at radius 1 is 0.426 bits per heavy atom.